The maximum atomic E-state index is 11.5. The largest absolute Gasteiger partial charge is 0.459 e. The minimum absolute atomic E-state index is 0.158. The van der Waals surface area contributed by atoms with E-state index in [1.54, 1.807) is 6.92 Å². The van der Waals surface area contributed by atoms with E-state index in [1.165, 1.54) is 6.92 Å². The Morgan fingerprint density at radius 2 is 1.57 bits per heavy atom. The highest BCUT2D eigenvalue weighted by Crippen LogP contribution is 2.21. The van der Waals surface area contributed by atoms with E-state index in [2.05, 4.69) is 0 Å². The van der Waals surface area contributed by atoms with Crippen LogP contribution in [0.15, 0.2) is 0 Å². The molecule has 0 fully saturated rings. The second kappa shape index (κ2) is 4.58. The van der Waals surface area contributed by atoms with Crippen LogP contribution in [0.4, 0.5) is 0 Å². The molecule has 0 amide bonds. The Labute approximate surface area is 85.8 Å². The van der Waals surface area contributed by atoms with Gasteiger partial charge in [0.05, 0.1) is 0 Å². The van der Waals surface area contributed by atoms with Gasteiger partial charge < -0.3 is 4.74 Å². The topological polar surface area (TPSA) is 43.4 Å². The fourth-order valence-electron chi connectivity index (χ4n) is 0.631. The Morgan fingerprint density at radius 3 is 1.86 bits per heavy atom. The number of esters is 1. The van der Waals surface area contributed by atoms with Gasteiger partial charge in [0.25, 0.3) is 0 Å². The Hall–Kier alpha value is -0.860. The number of ether oxygens (including phenoxy) is 1. The predicted octanol–water partition coefficient (Wildman–Crippen LogP) is 2.19. The molecule has 1 unspecified atom stereocenters. The highest BCUT2D eigenvalue weighted by atomic mass is 16.6. The molecule has 0 rings (SSSR count). The zero-order valence-electron chi connectivity index (χ0n) is 9.88. The molecule has 0 bridgehead atoms. The van der Waals surface area contributed by atoms with Crippen LogP contribution in [0.1, 0.15) is 41.5 Å². The van der Waals surface area contributed by atoms with Crippen molar-refractivity contribution in [2.24, 2.45) is 11.8 Å². The smallest absolute Gasteiger partial charge is 0.316 e. The lowest BCUT2D eigenvalue weighted by Crippen LogP contribution is -2.36. The van der Waals surface area contributed by atoms with Crippen LogP contribution in [-0.4, -0.2) is 17.4 Å². The first-order valence-corrected chi connectivity index (χ1v) is 4.91. The highest BCUT2D eigenvalue weighted by molar-refractivity contribution is 5.97. The highest BCUT2D eigenvalue weighted by Gasteiger charge is 2.30. The van der Waals surface area contributed by atoms with Gasteiger partial charge in [-0.3, -0.25) is 9.59 Å². The number of Topliss-reactive ketones (excluding diaryl/α,β-unsaturated/α-hetero) is 1. The molecule has 0 aromatic rings. The summed E-state index contributed by atoms with van der Waals surface area (Å²) in [5.41, 5.74) is -0.513. The van der Waals surface area contributed by atoms with Crippen molar-refractivity contribution >= 4 is 11.8 Å². The van der Waals surface area contributed by atoms with Gasteiger partial charge in [-0.1, -0.05) is 13.8 Å². The van der Waals surface area contributed by atoms with Gasteiger partial charge in [0.15, 0.2) is 0 Å². The number of hydrogen-bond donors (Lipinski definition) is 0. The SMILES string of the molecule is CC(=O)C(C)C(=O)OC(C)(C)C(C)C. The minimum Gasteiger partial charge on any atom is -0.459 e. The molecule has 0 heterocycles. The van der Waals surface area contributed by atoms with Gasteiger partial charge in [0.1, 0.15) is 17.3 Å². The molecule has 0 radical (unpaired) electrons. The molecule has 0 saturated carbocycles. The molecule has 3 heteroatoms. The van der Waals surface area contributed by atoms with E-state index in [1.807, 2.05) is 27.7 Å². The summed E-state index contributed by atoms with van der Waals surface area (Å²) in [7, 11) is 0. The second-order valence-electron chi connectivity index (χ2n) is 4.51. The van der Waals surface area contributed by atoms with Crippen LogP contribution < -0.4 is 0 Å². The third-order valence-electron chi connectivity index (χ3n) is 2.72. The number of carbonyl (C=O) groups is 2. The number of hydrogen-bond acceptors (Lipinski definition) is 3. The van der Waals surface area contributed by atoms with Crippen LogP contribution in [0.5, 0.6) is 0 Å². The number of rotatable bonds is 4. The number of carbonyl (C=O) groups excluding carboxylic acids is 2. The standard InChI is InChI=1S/C11H20O3/c1-7(2)11(5,6)14-10(13)8(3)9(4)12/h7-8H,1-6H3. The van der Waals surface area contributed by atoms with E-state index in [9.17, 15) is 9.59 Å². The van der Waals surface area contributed by atoms with Gasteiger partial charge >= 0.3 is 5.97 Å². The summed E-state index contributed by atoms with van der Waals surface area (Å²) in [5.74, 6) is -1.02. The predicted molar refractivity (Wildman–Crippen MR) is 54.9 cm³/mol. The van der Waals surface area contributed by atoms with E-state index in [4.69, 9.17) is 4.74 Å². The average Bonchev–Trinajstić information content (AvgIpc) is 2.01. The molecule has 0 N–H and O–H groups in total. The second-order valence-corrected chi connectivity index (χ2v) is 4.51. The van der Waals surface area contributed by atoms with Crippen LogP contribution in [0, 0.1) is 11.8 Å². The number of ketones is 1. The Kier molecular flexibility index (Phi) is 4.30. The van der Waals surface area contributed by atoms with Gasteiger partial charge in [-0.2, -0.15) is 0 Å². The third-order valence-corrected chi connectivity index (χ3v) is 2.72. The first-order chi connectivity index (χ1) is 6.18. The Morgan fingerprint density at radius 1 is 1.14 bits per heavy atom. The fourth-order valence-corrected chi connectivity index (χ4v) is 0.631. The molecule has 0 aromatic heterocycles. The van der Waals surface area contributed by atoms with Crippen LogP contribution in [0.2, 0.25) is 0 Å². The van der Waals surface area contributed by atoms with E-state index >= 15 is 0 Å². The fraction of sp³-hybridized carbons (Fsp3) is 0.818. The summed E-state index contributed by atoms with van der Waals surface area (Å²) in [6, 6.07) is 0. The molecular weight excluding hydrogens is 180 g/mol. The molecule has 0 aliphatic carbocycles. The van der Waals surface area contributed by atoms with Gasteiger partial charge in [0.2, 0.25) is 0 Å². The molecule has 0 aliphatic rings. The molecule has 14 heavy (non-hydrogen) atoms. The van der Waals surface area contributed by atoms with Crippen molar-refractivity contribution in [2.45, 2.75) is 47.1 Å². The average molecular weight is 200 g/mol. The Balaban J connectivity index is 4.40. The third kappa shape index (κ3) is 3.48. The molecular formula is C11H20O3. The molecule has 0 aliphatic heterocycles. The van der Waals surface area contributed by atoms with Crippen molar-refractivity contribution in [2.75, 3.05) is 0 Å². The maximum Gasteiger partial charge on any atom is 0.316 e. The zero-order valence-corrected chi connectivity index (χ0v) is 9.88. The van der Waals surface area contributed by atoms with Crippen LogP contribution in [0.3, 0.4) is 0 Å². The summed E-state index contributed by atoms with van der Waals surface area (Å²) in [4.78, 5) is 22.4. The summed E-state index contributed by atoms with van der Waals surface area (Å²) >= 11 is 0. The normalized spacial score (nSPS) is 13.9. The van der Waals surface area contributed by atoms with Crippen molar-refractivity contribution in [1.82, 2.24) is 0 Å². The summed E-state index contributed by atoms with van der Waals surface area (Å²) in [5, 5.41) is 0. The molecule has 3 nitrogen and oxygen atoms in total. The van der Waals surface area contributed by atoms with Crippen LogP contribution >= 0.6 is 0 Å². The lowest BCUT2D eigenvalue weighted by atomic mass is 9.94. The van der Waals surface area contributed by atoms with E-state index in [-0.39, 0.29) is 11.7 Å². The molecule has 1 atom stereocenters. The first-order valence-electron chi connectivity index (χ1n) is 4.91. The monoisotopic (exact) mass is 200 g/mol. The molecule has 0 aromatic carbocycles. The van der Waals surface area contributed by atoms with E-state index in [0.29, 0.717) is 0 Å². The summed E-state index contributed by atoms with van der Waals surface area (Å²) < 4.78 is 5.26. The molecule has 0 spiro atoms. The van der Waals surface area contributed by atoms with E-state index < -0.39 is 17.5 Å². The first kappa shape index (κ1) is 13.1. The van der Waals surface area contributed by atoms with Crippen LogP contribution in [-0.2, 0) is 14.3 Å². The lowest BCUT2D eigenvalue weighted by Gasteiger charge is -2.30. The minimum atomic E-state index is -0.659. The van der Waals surface area contributed by atoms with Crippen molar-refractivity contribution in [1.29, 1.82) is 0 Å². The van der Waals surface area contributed by atoms with Gasteiger partial charge in [-0.25, -0.2) is 0 Å². The summed E-state index contributed by atoms with van der Waals surface area (Å²) in [6.07, 6.45) is 0. The van der Waals surface area contributed by atoms with Crippen molar-refractivity contribution in [3.63, 3.8) is 0 Å². The quantitative estimate of drug-likeness (QED) is 0.516. The van der Waals surface area contributed by atoms with Gasteiger partial charge in [-0.05, 0) is 33.6 Å². The van der Waals surface area contributed by atoms with E-state index in [0.717, 1.165) is 0 Å². The maximum absolute atomic E-state index is 11.5. The van der Waals surface area contributed by atoms with Crippen molar-refractivity contribution in [3.05, 3.63) is 0 Å². The Bertz CT molecular complexity index is 229. The zero-order chi connectivity index (χ0) is 11.5. The van der Waals surface area contributed by atoms with Crippen molar-refractivity contribution < 1.29 is 14.3 Å². The van der Waals surface area contributed by atoms with Crippen LogP contribution in [0.25, 0.3) is 0 Å². The van der Waals surface area contributed by atoms with Gasteiger partial charge in [-0.15, -0.1) is 0 Å². The lowest BCUT2D eigenvalue weighted by molar-refractivity contribution is -0.166. The van der Waals surface area contributed by atoms with Gasteiger partial charge in [0, 0.05) is 0 Å². The summed E-state index contributed by atoms with van der Waals surface area (Å²) in [6.45, 7) is 10.6. The molecule has 0 saturated heterocycles. The molecule has 82 valence electrons. The van der Waals surface area contributed by atoms with Crippen molar-refractivity contribution in [3.8, 4) is 0 Å².